The number of fused-ring (bicyclic) bond motifs is 1. The molecule has 2 saturated heterocycles. The number of nitrogens with zero attached hydrogens (tertiary/aromatic N) is 1. The molecule has 140 valence electrons. The van der Waals surface area contributed by atoms with E-state index < -0.39 is 58.5 Å². The molecule has 3 rings (SSSR count). The van der Waals surface area contributed by atoms with Gasteiger partial charge in [0.25, 0.3) is 5.79 Å². The Morgan fingerprint density at radius 1 is 1.31 bits per heavy atom. The van der Waals surface area contributed by atoms with E-state index in [4.69, 9.17) is 19.9 Å². The van der Waals surface area contributed by atoms with Gasteiger partial charge in [-0.15, -0.1) is 10.1 Å². The maximum Gasteiger partial charge on any atom is 0.341 e. The highest BCUT2D eigenvalue weighted by Gasteiger charge is 2.68. The fourth-order valence-corrected chi connectivity index (χ4v) is 2.84. The average Bonchev–Trinajstić information content (AvgIpc) is 3.01. The summed E-state index contributed by atoms with van der Waals surface area (Å²) < 4.78 is 15.3. The molecule has 26 heavy (non-hydrogen) atoms. The zero-order chi connectivity index (χ0) is 19.1. The van der Waals surface area contributed by atoms with E-state index in [0.717, 1.165) is 12.1 Å². The highest BCUT2D eigenvalue weighted by molar-refractivity contribution is 6.03. The third-order valence-corrected chi connectivity index (χ3v) is 4.12. The summed E-state index contributed by atoms with van der Waals surface area (Å²) in [6, 6.07) is 4.96. The number of aliphatic hydroxyl groups excluding tert-OH is 1. The summed E-state index contributed by atoms with van der Waals surface area (Å²) in [5, 5.41) is 29.3. The van der Waals surface area contributed by atoms with Crippen LogP contribution in [0.15, 0.2) is 24.3 Å². The quantitative estimate of drug-likeness (QED) is 0.238. The normalized spacial score (nSPS) is 32.7. The van der Waals surface area contributed by atoms with Gasteiger partial charge in [0.05, 0.1) is 17.7 Å². The largest absolute Gasteiger partial charge is 0.422 e. The third kappa shape index (κ3) is 2.79. The van der Waals surface area contributed by atoms with E-state index in [-0.39, 0.29) is 6.61 Å². The standard InChI is InChI=1S/C14H14N2O10/c15-14-10(9(17)5-24-14)23-6-13(14,20)25-11(18)7-3-1-2-4-8(7)12(19)26-16(21)22/h1-4,9-10,17,20H,5-6,15H2/t9-,10-,13+,14+/m1/s1. The number of rotatable bonds is 4. The molecule has 2 aliphatic rings. The number of carbonyl (C=O) groups excluding carboxylic acids is 2. The van der Waals surface area contributed by atoms with Crippen LogP contribution in [0.1, 0.15) is 20.7 Å². The fraction of sp³-hybridized carbons (Fsp3) is 0.429. The van der Waals surface area contributed by atoms with Crippen molar-refractivity contribution in [1.82, 2.24) is 0 Å². The lowest BCUT2D eigenvalue weighted by Crippen LogP contribution is -2.65. The van der Waals surface area contributed by atoms with Crippen molar-refractivity contribution in [3.8, 4) is 0 Å². The second-order valence-electron chi connectivity index (χ2n) is 5.72. The summed E-state index contributed by atoms with van der Waals surface area (Å²) in [7, 11) is 0. The fourth-order valence-electron chi connectivity index (χ4n) is 2.84. The van der Waals surface area contributed by atoms with Crippen molar-refractivity contribution in [3.05, 3.63) is 45.5 Å². The molecule has 0 aliphatic carbocycles. The minimum Gasteiger partial charge on any atom is -0.422 e. The second-order valence-corrected chi connectivity index (χ2v) is 5.72. The first-order valence-electron chi connectivity index (χ1n) is 7.32. The van der Waals surface area contributed by atoms with E-state index in [9.17, 15) is 29.9 Å². The zero-order valence-electron chi connectivity index (χ0n) is 13.1. The molecule has 0 bridgehead atoms. The van der Waals surface area contributed by atoms with Gasteiger partial charge in [0, 0.05) is 0 Å². The Labute approximate surface area is 145 Å². The first kappa shape index (κ1) is 18.2. The average molecular weight is 370 g/mol. The van der Waals surface area contributed by atoms with E-state index in [1.54, 1.807) is 0 Å². The molecule has 0 unspecified atom stereocenters. The molecule has 2 fully saturated rings. The first-order chi connectivity index (χ1) is 12.2. The van der Waals surface area contributed by atoms with E-state index in [2.05, 4.69) is 4.84 Å². The van der Waals surface area contributed by atoms with Gasteiger partial charge in [0.15, 0.2) is 0 Å². The van der Waals surface area contributed by atoms with Crippen molar-refractivity contribution in [3.63, 3.8) is 0 Å². The Morgan fingerprint density at radius 3 is 2.54 bits per heavy atom. The predicted octanol–water partition coefficient (Wildman–Crippen LogP) is -1.67. The molecule has 0 amide bonds. The summed E-state index contributed by atoms with van der Waals surface area (Å²) in [6.45, 7) is -0.828. The van der Waals surface area contributed by atoms with Gasteiger partial charge in [-0.25, -0.2) is 9.63 Å². The second kappa shape index (κ2) is 6.26. The Morgan fingerprint density at radius 2 is 1.92 bits per heavy atom. The maximum atomic E-state index is 12.4. The molecule has 0 spiro atoms. The van der Waals surface area contributed by atoms with Gasteiger partial charge in [0.2, 0.25) is 5.72 Å². The van der Waals surface area contributed by atoms with Crippen molar-refractivity contribution in [2.75, 3.05) is 13.2 Å². The van der Waals surface area contributed by atoms with Crippen LogP contribution < -0.4 is 5.73 Å². The summed E-state index contributed by atoms with van der Waals surface area (Å²) in [6.07, 6.45) is -2.26. The molecule has 1 aromatic carbocycles. The minimum absolute atomic E-state index is 0.243. The van der Waals surface area contributed by atoms with Crippen LogP contribution in [0.5, 0.6) is 0 Å². The van der Waals surface area contributed by atoms with E-state index in [1.807, 2.05) is 0 Å². The summed E-state index contributed by atoms with van der Waals surface area (Å²) in [4.78, 5) is 38.3. The van der Waals surface area contributed by atoms with Crippen molar-refractivity contribution in [2.24, 2.45) is 5.73 Å². The molecule has 12 nitrogen and oxygen atoms in total. The zero-order valence-corrected chi connectivity index (χ0v) is 13.1. The minimum atomic E-state index is -2.45. The Bertz CT molecular complexity index is 770. The number of ether oxygens (including phenoxy) is 3. The van der Waals surface area contributed by atoms with Crippen LogP contribution in [0.2, 0.25) is 0 Å². The number of nitrogens with two attached hydrogens (primary N) is 1. The topological polar surface area (TPSA) is 181 Å². The lowest BCUT2D eigenvalue weighted by Gasteiger charge is -2.34. The molecule has 0 aromatic heterocycles. The Hall–Kier alpha value is -2.64. The van der Waals surface area contributed by atoms with Gasteiger partial charge >= 0.3 is 17.0 Å². The molecule has 0 saturated carbocycles. The third-order valence-electron chi connectivity index (χ3n) is 4.12. The Kier molecular flexibility index (Phi) is 4.37. The molecule has 1 aromatic rings. The number of carbonyl (C=O) groups is 2. The number of aliphatic hydroxyl groups is 2. The molecule has 2 heterocycles. The summed E-state index contributed by atoms with van der Waals surface area (Å²) in [5.74, 6) is -5.07. The van der Waals surface area contributed by atoms with Crippen LogP contribution in [-0.2, 0) is 19.0 Å². The van der Waals surface area contributed by atoms with E-state index >= 15 is 0 Å². The summed E-state index contributed by atoms with van der Waals surface area (Å²) in [5.41, 5.74) is 3.04. The molecular formula is C14H14N2O10. The highest BCUT2D eigenvalue weighted by atomic mass is 17.0. The van der Waals surface area contributed by atoms with Crippen LogP contribution in [0.25, 0.3) is 0 Å². The van der Waals surface area contributed by atoms with Crippen LogP contribution >= 0.6 is 0 Å². The van der Waals surface area contributed by atoms with Crippen molar-refractivity contribution >= 4 is 11.9 Å². The van der Waals surface area contributed by atoms with Crippen LogP contribution in [0.3, 0.4) is 0 Å². The monoisotopic (exact) mass is 370 g/mol. The molecule has 4 atom stereocenters. The maximum absolute atomic E-state index is 12.4. The number of esters is 1. The van der Waals surface area contributed by atoms with Crippen molar-refractivity contribution in [1.29, 1.82) is 0 Å². The van der Waals surface area contributed by atoms with Gasteiger partial charge < -0.3 is 24.4 Å². The van der Waals surface area contributed by atoms with Crippen LogP contribution in [-0.4, -0.2) is 64.2 Å². The van der Waals surface area contributed by atoms with Gasteiger partial charge in [-0.05, 0) is 12.1 Å². The highest BCUT2D eigenvalue weighted by Crippen LogP contribution is 2.41. The lowest BCUT2D eigenvalue weighted by atomic mass is 9.99. The number of hydrogen-bond acceptors (Lipinski definition) is 11. The van der Waals surface area contributed by atoms with Crippen LogP contribution in [0, 0.1) is 10.1 Å². The Balaban J connectivity index is 1.85. The lowest BCUT2D eigenvalue weighted by molar-refractivity contribution is -0.727. The molecule has 4 N–H and O–H groups in total. The molecule has 2 aliphatic heterocycles. The first-order valence-corrected chi connectivity index (χ1v) is 7.32. The van der Waals surface area contributed by atoms with E-state index in [1.165, 1.54) is 12.1 Å². The predicted molar refractivity (Wildman–Crippen MR) is 77.8 cm³/mol. The van der Waals surface area contributed by atoms with E-state index in [0.29, 0.717) is 0 Å². The van der Waals surface area contributed by atoms with Crippen molar-refractivity contribution in [2.45, 2.75) is 23.7 Å². The van der Waals surface area contributed by atoms with Gasteiger partial charge in [-0.1, -0.05) is 12.1 Å². The molecular weight excluding hydrogens is 356 g/mol. The van der Waals surface area contributed by atoms with Crippen LogP contribution in [0.4, 0.5) is 0 Å². The van der Waals surface area contributed by atoms with Gasteiger partial charge in [0.1, 0.15) is 18.8 Å². The SMILES string of the molecule is N[C@]12OC[C@@H](O)[C@H]1OC[C@]2(O)OC(=O)c1ccccc1C(=O)O[N+](=O)[O-]. The smallest absolute Gasteiger partial charge is 0.341 e. The van der Waals surface area contributed by atoms with Crippen molar-refractivity contribution < 1.29 is 43.9 Å². The van der Waals surface area contributed by atoms with Gasteiger partial charge in [-0.3, -0.25) is 10.5 Å². The molecule has 0 radical (unpaired) electrons. The summed E-state index contributed by atoms with van der Waals surface area (Å²) >= 11 is 0. The molecule has 12 heteroatoms. The number of hydrogen-bond donors (Lipinski definition) is 3. The number of benzene rings is 1. The van der Waals surface area contributed by atoms with Gasteiger partial charge in [-0.2, -0.15) is 0 Å².